The number of dihydropyridines is 1. The Morgan fingerprint density at radius 1 is 1.22 bits per heavy atom. The number of nitrogens with zero attached hydrogens (tertiary/aromatic N) is 1. The van der Waals surface area contributed by atoms with Gasteiger partial charge in [-0.1, -0.05) is 18.2 Å². The first-order chi connectivity index (χ1) is 15.4. The molecule has 4 aliphatic heterocycles. The summed E-state index contributed by atoms with van der Waals surface area (Å²) in [6.45, 7) is 4.22. The molecule has 32 heavy (non-hydrogen) atoms. The summed E-state index contributed by atoms with van der Waals surface area (Å²) in [4.78, 5) is 28.7. The SMILES string of the molecule is COc1ccccc1[C@H]1CC(=O)C2=C(C1)NC(C)=C(C(=O)O[C@H]1C[C@@H]3CC4(C)C[C@H]1N34)C2. The molecule has 5 aliphatic rings. The minimum Gasteiger partial charge on any atom is -0.496 e. The normalized spacial score (nSPS) is 35.4. The summed E-state index contributed by atoms with van der Waals surface area (Å²) < 4.78 is 11.5. The van der Waals surface area contributed by atoms with E-state index < -0.39 is 0 Å². The molecule has 0 aromatic heterocycles. The summed E-state index contributed by atoms with van der Waals surface area (Å²) in [6, 6.07) is 8.86. The number of nitrogens with one attached hydrogen (secondary N) is 1. The molecule has 0 saturated carbocycles. The van der Waals surface area contributed by atoms with E-state index in [-0.39, 0.29) is 23.8 Å². The molecule has 0 amide bonds. The van der Waals surface area contributed by atoms with Crippen LogP contribution in [0.25, 0.3) is 0 Å². The van der Waals surface area contributed by atoms with Crippen molar-refractivity contribution in [2.45, 2.75) is 82.0 Å². The number of hydrogen-bond donors (Lipinski definition) is 1. The Kier molecular flexibility index (Phi) is 4.35. The van der Waals surface area contributed by atoms with E-state index in [9.17, 15) is 9.59 Å². The Labute approximate surface area is 188 Å². The lowest BCUT2D eigenvalue weighted by atomic mass is 9.69. The Morgan fingerprint density at radius 3 is 2.78 bits per heavy atom. The molecule has 1 aromatic carbocycles. The minimum absolute atomic E-state index is 0.0178. The van der Waals surface area contributed by atoms with Crippen LogP contribution in [0.2, 0.25) is 0 Å². The van der Waals surface area contributed by atoms with Gasteiger partial charge in [0.1, 0.15) is 11.9 Å². The Hall–Kier alpha value is -2.60. The van der Waals surface area contributed by atoms with Crippen molar-refractivity contribution < 1.29 is 19.1 Å². The van der Waals surface area contributed by atoms with Crippen molar-refractivity contribution in [3.8, 4) is 5.75 Å². The van der Waals surface area contributed by atoms with E-state index in [1.807, 2.05) is 31.2 Å². The monoisotopic (exact) mass is 434 g/mol. The zero-order valence-electron chi connectivity index (χ0n) is 18.9. The molecule has 6 rings (SSSR count). The number of esters is 1. The van der Waals surface area contributed by atoms with Gasteiger partial charge in [-0.15, -0.1) is 0 Å². The van der Waals surface area contributed by atoms with Gasteiger partial charge in [0.25, 0.3) is 0 Å². The van der Waals surface area contributed by atoms with Gasteiger partial charge in [0.05, 0.1) is 12.7 Å². The zero-order valence-corrected chi connectivity index (χ0v) is 18.9. The number of hydrogen-bond acceptors (Lipinski definition) is 6. The average molecular weight is 435 g/mol. The van der Waals surface area contributed by atoms with Gasteiger partial charge >= 0.3 is 5.97 Å². The molecule has 1 unspecified atom stereocenters. The fourth-order valence-corrected chi connectivity index (χ4v) is 6.95. The van der Waals surface area contributed by atoms with Gasteiger partial charge in [0.15, 0.2) is 5.78 Å². The van der Waals surface area contributed by atoms with Crippen LogP contribution in [-0.2, 0) is 14.3 Å². The second-order valence-electron chi connectivity index (χ2n) is 10.3. The van der Waals surface area contributed by atoms with Crippen molar-refractivity contribution in [3.05, 3.63) is 52.4 Å². The largest absolute Gasteiger partial charge is 0.496 e. The van der Waals surface area contributed by atoms with Gasteiger partial charge in [0.2, 0.25) is 0 Å². The van der Waals surface area contributed by atoms with E-state index in [4.69, 9.17) is 9.47 Å². The number of benzene rings is 1. The predicted molar refractivity (Wildman–Crippen MR) is 119 cm³/mol. The van der Waals surface area contributed by atoms with Gasteiger partial charge < -0.3 is 14.8 Å². The summed E-state index contributed by atoms with van der Waals surface area (Å²) in [5.74, 6) is 0.728. The summed E-state index contributed by atoms with van der Waals surface area (Å²) in [5, 5.41) is 3.39. The summed E-state index contributed by atoms with van der Waals surface area (Å²) in [6.07, 6.45) is 4.81. The number of carbonyl (C=O) groups excluding carboxylic acids is 2. The first-order valence-corrected chi connectivity index (χ1v) is 11.7. The maximum absolute atomic E-state index is 13.1. The highest BCUT2D eigenvalue weighted by molar-refractivity contribution is 6.01. The molecule has 1 aromatic rings. The number of para-hydroxylation sites is 1. The Balaban J connectivity index is 1.17. The van der Waals surface area contributed by atoms with Crippen LogP contribution in [0, 0.1) is 0 Å². The second-order valence-corrected chi connectivity index (χ2v) is 10.3. The van der Waals surface area contributed by atoms with Crippen molar-refractivity contribution >= 4 is 11.8 Å². The molecule has 1 N–H and O–H groups in total. The van der Waals surface area contributed by atoms with E-state index in [2.05, 4.69) is 17.1 Å². The van der Waals surface area contributed by atoms with E-state index in [1.165, 1.54) is 6.42 Å². The molecule has 0 radical (unpaired) electrons. The van der Waals surface area contributed by atoms with Crippen molar-refractivity contribution in [2.75, 3.05) is 7.11 Å². The van der Waals surface area contributed by atoms with Gasteiger partial charge in [-0.05, 0) is 44.7 Å². The molecule has 168 valence electrons. The van der Waals surface area contributed by atoms with Gasteiger partial charge in [-0.2, -0.15) is 0 Å². The summed E-state index contributed by atoms with van der Waals surface area (Å²) in [5.41, 5.74) is 4.49. The van der Waals surface area contributed by atoms with Crippen LogP contribution >= 0.6 is 0 Å². The van der Waals surface area contributed by atoms with E-state index in [1.54, 1.807) is 7.11 Å². The molecule has 5 atom stereocenters. The quantitative estimate of drug-likeness (QED) is 0.731. The van der Waals surface area contributed by atoms with Crippen molar-refractivity contribution in [1.82, 2.24) is 10.2 Å². The summed E-state index contributed by atoms with van der Waals surface area (Å²) >= 11 is 0. The first-order valence-electron chi connectivity index (χ1n) is 11.7. The molecule has 6 nitrogen and oxygen atoms in total. The van der Waals surface area contributed by atoms with Gasteiger partial charge in [-0.25, -0.2) is 4.79 Å². The van der Waals surface area contributed by atoms with Crippen LogP contribution in [0.1, 0.15) is 63.9 Å². The smallest absolute Gasteiger partial charge is 0.336 e. The van der Waals surface area contributed by atoms with E-state index >= 15 is 0 Å². The van der Waals surface area contributed by atoms with E-state index in [0.29, 0.717) is 36.0 Å². The lowest BCUT2D eigenvalue weighted by Crippen LogP contribution is -2.74. The first kappa shape index (κ1) is 20.0. The van der Waals surface area contributed by atoms with Gasteiger partial charge in [-0.3, -0.25) is 9.69 Å². The molecule has 3 saturated heterocycles. The van der Waals surface area contributed by atoms with Crippen LogP contribution in [-0.4, -0.2) is 47.5 Å². The van der Waals surface area contributed by atoms with Crippen LogP contribution in [0.3, 0.4) is 0 Å². The molecular formula is C26H30N2O4. The lowest BCUT2D eigenvalue weighted by Gasteiger charge is -2.65. The van der Waals surface area contributed by atoms with Crippen molar-refractivity contribution in [3.63, 3.8) is 0 Å². The van der Waals surface area contributed by atoms with Crippen LogP contribution in [0.4, 0.5) is 0 Å². The number of ketones is 1. The standard InChI is InChI=1S/C26H30N2O4/c1-14-18(25(30)32-24-10-16-12-26(2)13-21(24)28(16)26)11-19-20(27-14)8-15(9-22(19)29)17-6-4-5-7-23(17)31-3/h4-7,15-16,21,24,27H,8-13H2,1-3H3/t15-,16-,21-,24+,26?/m1/s1. The van der Waals surface area contributed by atoms with Crippen LogP contribution < -0.4 is 10.1 Å². The highest BCUT2D eigenvalue weighted by Gasteiger charge is 2.67. The maximum Gasteiger partial charge on any atom is 0.336 e. The molecule has 1 aliphatic carbocycles. The number of ether oxygens (including phenoxy) is 2. The van der Waals surface area contributed by atoms with E-state index in [0.717, 1.165) is 47.5 Å². The number of rotatable bonds is 4. The van der Waals surface area contributed by atoms with Crippen LogP contribution in [0.5, 0.6) is 5.75 Å². The maximum atomic E-state index is 13.1. The number of Topliss-reactive ketones (excluding diaryl/α,β-unsaturated/α-hetero) is 1. The number of methoxy groups -OCH3 is 1. The topological polar surface area (TPSA) is 67.9 Å². The number of carbonyl (C=O) groups is 2. The Bertz CT molecular complexity index is 1090. The number of allylic oxidation sites excluding steroid dienone is 3. The summed E-state index contributed by atoms with van der Waals surface area (Å²) in [7, 11) is 1.66. The third-order valence-corrected chi connectivity index (χ3v) is 8.44. The fraction of sp³-hybridized carbons (Fsp3) is 0.538. The fourth-order valence-electron chi connectivity index (χ4n) is 6.95. The molecule has 0 spiro atoms. The highest BCUT2D eigenvalue weighted by atomic mass is 16.5. The average Bonchev–Trinajstić information content (AvgIpc) is 2.89. The van der Waals surface area contributed by atoms with Crippen molar-refractivity contribution in [2.24, 2.45) is 0 Å². The molecule has 0 bridgehead atoms. The highest BCUT2D eigenvalue weighted by Crippen LogP contribution is 2.58. The molecule has 6 heteroatoms. The minimum atomic E-state index is -0.262. The third-order valence-electron chi connectivity index (χ3n) is 8.44. The third kappa shape index (κ3) is 2.81. The molecular weight excluding hydrogens is 404 g/mol. The lowest BCUT2D eigenvalue weighted by molar-refractivity contribution is -0.174. The van der Waals surface area contributed by atoms with Crippen molar-refractivity contribution in [1.29, 1.82) is 0 Å². The Morgan fingerprint density at radius 2 is 2.03 bits per heavy atom. The molecule has 3 fully saturated rings. The number of piperidine rings is 1. The second kappa shape index (κ2) is 6.95. The predicted octanol–water partition coefficient (Wildman–Crippen LogP) is 3.58. The zero-order chi connectivity index (χ0) is 22.2. The van der Waals surface area contributed by atoms with Crippen LogP contribution in [0.15, 0.2) is 46.8 Å². The van der Waals surface area contributed by atoms with Gasteiger partial charge in [0, 0.05) is 59.8 Å². The molecule has 4 heterocycles.